The summed E-state index contributed by atoms with van der Waals surface area (Å²) in [6.45, 7) is 7.19. The number of hydrogen-bond donors (Lipinski definition) is 1. The van der Waals surface area contributed by atoms with Crippen LogP contribution in [0.4, 0.5) is 0 Å². The molecule has 0 spiro atoms. The number of methoxy groups -OCH3 is 1. The van der Waals surface area contributed by atoms with Gasteiger partial charge in [-0.15, -0.1) is 0 Å². The van der Waals surface area contributed by atoms with E-state index in [-0.39, 0.29) is 10.9 Å². The lowest BCUT2D eigenvalue weighted by Crippen LogP contribution is -2.45. The highest BCUT2D eigenvalue weighted by atomic mass is 32.2. The number of ether oxygens (including phenoxy) is 1. The van der Waals surface area contributed by atoms with Gasteiger partial charge in [0.1, 0.15) is 9.84 Å². The average molecular weight is 305 g/mol. The van der Waals surface area contributed by atoms with Crippen molar-refractivity contribution in [1.82, 2.24) is 5.32 Å². The zero-order valence-corrected chi connectivity index (χ0v) is 14.4. The second-order valence-corrected chi connectivity index (χ2v) is 9.04. The lowest BCUT2D eigenvalue weighted by Gasteiger charge is -2.38. The third-order valence-electron chi connectivity index (χ3n) is 4.57. The Kier molecular flexibility index (Phi) is 6.48. The summed E-state index contributed by atoms with van der Waals surface area (Å²) in [5, 5.41) is 3.38. The van der Waals surface area contributed by atoms with Crippen molar-refractivity contribution < 1.29 is 13.2 Å². The Morgan fingerprint density at radius 3 is 2.50 bits per heavy atom. The Labute approximate surface area is 124 Å². The first-order valence-corrected chi connectivity index (χ1v) is 9.62. The van der Waals surface area contributed by atoms with E-state index >= 15 is 0 Å². The maximum absolute atomic E-state index is 11.8. The zero-order valence-electron chi connectivity index (χ0n) is 13.6. The summed E-state index contributed by atoms with van der Waals surface area (Å²) >= 11 is 0. The smallest absolute Gasteiger partial charge is 0.150 e. The van der Waals surface area contributed by atoms with E-state index in [0.717, 1.165) is 38.6 Å². The van der Waals surface area contributed by atoms with Crippen molar-refractivity contribution in [2.24, 2.45) is 5.92 Å². The highest BCUT2D eigenvalue weighted by Gasteiger charge is 2.35. The maximum atomic E-state index is 11.8. The van der Waals surface area contributed by atoms with E-state index in [1.165, 1.54) is 6.26 Å². The summed E-state index contributed by atoms with van der Waals surface area (Å²) < 4.78 is 29.2. The molecule has 0 amide bonds. The molecule has 0 heterocycles. The van der Waals surface area contributed by atoms with E-state index in [1.54, 1.807) is 7.11 Å². The van der Waals surface area contributed by atoms with Crippen LogP contribution in [0.5, 0.6) is 0 Å². The van der Waals surface area contributed by atoms with Crippen LogP contribution in [0.1, 0.15) is 52.9 Å². The van der Waals surface area contributed by atoms with E-state index in [4.69, 9.17) is 4.74 Å². The van der Waals surface area contributed by atoms with Crippen molar-refractivity contribution in [3.05, 3.63) is 0 Å². The SMILES string of the molecule is CCNC(CC(C)(C)OC)C1CCCC(S(C)(=O)=O)C1. The number of hydrogen-bond acceptors (Lipinski definition) is 4. The fourth-order valence-electron chi connectivity index (χ4n) is 3.22. The first-order valence-electron chi connectivity index (χ1n) is 7.67. The zero-order chi connectivity index (χ0) is 15.4. The molecule has 120 valence electrons. The van der Waals surface area contributed by atoms with Gasteiger partial charge in [-0.1, -0.05) is 13.3 Å². The lowest BCUT2D eigenvalue weighted by atomic mass is 9.79. The number of rotatable bonds is 7. The van der Waals surface area contributed by atoms with Crippen molar-refractivity contribution in [3.63, 3.8) is 0 Å². The molecule has 1 rings (SSSR count). The Morgan fingerprint density at radius 2 is 2.00 bits per heavy atom. The third-order valence-corrected chi connectivity index (χ3v) is 6.21. The monoisotopic (exact) mass is 305 g/mol. The highest BCUT2D eigenvalue weighted by molar-refractivity contribution is 7.91. The summed E-state index contributed by atoms with van der Waals surface area (Å²) in [5.74, 6) is 0.429. The van der Waals surface area contributed by atoms with Gasteiger partial charge in [0.2, 0.25) is 0 Å². The van der Waals surface area contributed by atoms with Gasteiger partial charge < -0.3 is 10.1 Å². The molecule has 0 aromatic heterocycles. The molecule has 1 fully saturated rings. The first kappa shape index (κ1) is 17.9. The predicted molar refractivity (Wildman–Crippen MR) is 83.8 cm³/mol. The predicted octanol–water partition coefficient (Wildman–Crippen LogP) is 2.38. The Morgan fingerprint density at radius 1 is 1.35 bits per heavy atom. The van der Waals surface area contributed by atoms with Gasteiger partial charge in [-0.3, -0.25) is 0 Å². The maximum Gasteiger partial charge on any atom is 0.150 e. The molecule has 20 heavy (non-hydrogen) atoms. The van der Waals surface area contributed by atoms with Gasteiger partial charge in [0.05, 0.1) is 10.9 Å². The van der Waals surface area contributed by atoms with Gasteiger partial charge in [0, 0.05) is 19.4 Å². The van der Waals surface area contributed by atoms with Crippen molar-refractivity contribution in [3.8, 4) is 0 Å². The van der Waals surface area contributed by atoms with Crippen LogP contribution in [0.25, 0.3) is 0 Å². The summed E-state index contributed by atoms with van der Waals surface area (Å²) in [5.41, 5.74) is -0.176. The van der Waals surface area contributed by atoms with Gasteiger partial charge in [-0.2, -0.15) is 0 Å². The molecule has 4 nitrogen and oxygen atoms in total. The average Bonchev–Trinajstić information content (AvgIpc) is 2.37. The minimum Gasteiger partial charge on any atom is -0.379 e. The van der Waals surface area contributed by atoms with Crippen LogP contribution in [0.15, 0.2) is 0 Å². The van der Waals surface area contributed by atoms with Crippen LogP contribution >= 0.6 is 0 Å². The molecular weight excluding hydrogens is 274 g/mol. The molecule has 5 heteroatoms. The molecule has 0 aromatic rings. The van der Waals surface area contributed by atoms with Crippen LogP contribution in [-0.4, -0.2) is 45.2 Å². The molecule has 0 saturated heterocycles. The van der Waals surface area contributed by atoms with Crippen LogP contribution in [0.2, 0.25) is 0 Å². The molecule has 0 aliphatic heterocycles. The topological polar surface area (TPSA) is 55.4 Å². The minimum absolute atomic E-state index is 0.159. The van der Waals surface area contributed by atoms with E-state index in [9.17, 15) is 8.42 Å². The third kappa shape index (κ3) is 5.34. The Balaban J connectivity index is 2.76. The lowest BCUT2D eigenvalue weighted by molar-refractivity contribution is -0.000288. The molecule has 3 unspecified atom stereocenters. The molecule has 0 radical (unpaired) electrons. The molecule has 0 aromatic carbocycles. The van der Waals surface area contributed by atoms with E-state index < -0.39 is 9.84 Å². The van der Waals surface area contributed by atoms with Gasteiger partial charge in [0.15, 0.2) is 0 Å². The number of nitrogens with one attached hydrogen (secondary N) is 1. The fourth-order valence-corrected chi connectivity index (χ4v) is 4.41. The molecular formula is C15H31NO3S. The standard InChI is InChI=1S/C15H31NO3S/c1-6-16-14(11-15(2,3)19-4)12-8-7-9-13(10-12)20(5,17)18/h12-14,16H,6-11H2,1-5H3. The molecule has 1 aliphatic carbocycles. The largest absolute Gasteiger partial charge is 0.379 e. The summed E-state index contributed by atoms with van der Waals surface area (Å²) in [7, 11) is -1.18. The van der Waals surface area contributed by atoms with E-state index in [2.05, 4.69) is 26.1 Å². The van der Waals surface area contributed by atoms with Crippen molar-refractivity contribution >= 4 is 9.84 Å². The van der Waals surface area contributed by atoms with Crippen LogP contribution in [0, 0.1) is 5.92 Å². The number of sulfone groups is 1. The van der Waals surface area contributed by atoms with Gasteiger partial charge in [-0.05, 0) is 52.0 Å². The van der Waals surface area contributed by atoms with Crippen LogP contribution in [-0.2, 0) is 14.6 Å². The van der Waals surface area contributed by atoms with Gasteiger partial charge in [-0.25, -0.2) is 8.42 Å². The molecule has 3 atom stereocenters. The molecule has 1 saturated carbocycles. The summed E-state index contributed by atoms with van der Waals surface area (Å²) in [6, 6.07) is 0.333. The first-order chi connectivity index (χ1) is 9.19. The second kappa shape index (κ2) is 7.23. The Hall–Kier alpha value is -0.130. The fraction of sp³-hybridized carbons (Fsp3) is 1.00. The summed E-state index contributed by atoms with van der Waals surface area (Å²) in [6.07, 6.45) is 6.03. The quantitative estimate of drug-likeness (QED) is 0.784. The van der Waals surface area contributed by atoms with E-state index in [0.29, 0.717) is 12.0 Å². The molecule has 1 aliphatic rings. The van der Waals surface area contributed by atoms with E-state index in [1.807, 2.05) is 0 Å². The molecule has 0 bridgehead atoms. The molecule has 1 N–H and O–H groups in total. The van der Waals surface area contributed by atoms with Crippen LogP contribution in [0.3, 0.4) is 0 Å². The Bertz CT molecular complexity index is 392. The van der Waals surface area contributed by atoms with Gasteiger partial charge in [0.25, 0.3) is 0 Å². The van der Waals surface area contributed by atoms with Crippen LogP contribution < -0.4 is 5.32 Å². The minimum atomic E-state index is -2.92. The van der Waals surface area contributed by atoms with Crippen molar-refractivity contribution in [1.29, 1.82) is 0 Å². The van der Waals surface area contributed by atoms with Crippen molar-refractivity contribution in [2.45, 2.75) is 69.8 Å². The highest BCUT2D eigenvalue weighted by Crippen LogP contribution is 2.33. The second-order valence-electron chi connectivity index (χ2n) is 6.71. The summed E-state index contributed by atoms with van der Waals surface area (Å²) in [4.78, 5) is 0. The normalized spacial score (nSPS) is 26.4. The van der Waals surface area contributed by atoms with Crippen molar-refractivity contribution in [2.75, 3.05) is 19.9 Å². The van der Waals surface area contributed by atoms with Gasteiger partial charge >= 0.3 is 0 Å².